The highest BCUT2D eigenvalue weighted by atomic mass is 16.5. The minimum Gasteiger partial charge on any atom is -0.494 e. The fourth-order valence-electron chi connectivity index (χ4n) is 3.52. The zero-order valence-corrected chi connectivity index (χ0v) is 14.7. The maximum Gasteiger partial charge on any atom is 0.224 e. The molecule has 0 heterocycles. The van der Waals surface area contributed by atoms with Gasteiger partial charge in [-0.25, -0.2) is 0 Å². The number of hydrogen-bond donors (Lipinski definition) is 2. The van der Waals surface area contributed by atoms with Gasteiger partial charge in [-0.2, -0.15) is 0 Å². The summed E-state index contributed by atoms with van der Waals surface area (Å²) in [4.78, 5) is 12.7. The Balaban J connectivity index is 1.65. The van der Waals surface area contributed by atoms with Crippen molar-refractivity contribution in [3.8, 4) is 5.75 Å². The lowest BCUT2D eigenvalue weighted by Gasteiger charge is -2.17. The molecule has 0 bridgehead atoms. The molecule has 2 aromatic carbocycles. The van der Waals surface area contributed by atoms with Crippen molar-refractivity contribution in [3.63, 3.8) is 0 Å². The van der Waals surface area contributed by atoms with Crippen molar-refractivity contribution in [2.45, 2.75) is 25.8 Å². The lowest BCUT2D eigenvalue weighted by atomic mass is 10.1. The molecule has 0 aliphatic heterocycles. The smallest absolute Gasteiger partial charge is 0.224 e. The van der Waals surface area contributed by atoms with Gasteiger partial charge in [0.1, 0.15) is 5.75 Å². The molecule has 1 aliphatic carbocycles. The summed E-state index contributed by atoms with van der Waals surface area (Å²) in [6.45, 7) is 4.52. The van der Waals surface area contributed by atoms with Gasteiger partial charge in [0.25, 0.3) is 0 Å². The third-order valence-corrected chi connectivity index (χ3v) is 4.96. The third kappa shape index (κ3) is 3.85. The first kappa shape index (κ1) is 17.5. The fourth-order valence-corrected chi connectivity index (χ4v) is 3.52. The molecule has 0 radical (unpaired) electrons. The third-order valence-electron chi connectivity index (χ3n) is 4.96. The van der Waals surface area contributed by atoms with Crippen LogP contribution in [0.15, 0.2) is 54.6 Å². The van der Waals surface area contributed by atoms with Gasteiger partial charge in [-0.15, -0.1) is 0 Å². The fraction of sp³-hybridized carbons (Fsp3) is 0.381. The Hall–Kier alpha value is -2.33. The number of aliphatic hydroxyl groups excluding tert-OH is 1. The van der Waals surface area contributed by atoms with Gasteiger partial charge in [-0.3, -0.25) is 4.79 Å². The lowest BCUT2D eigenvalue weighted by Crippen LogP contribution is -2.32. The van der Waals surface area contributed by atoms with E-state index >= 15 is 0 Å². The van der Waals surface area contributed by atoms with Crippen LogP contribution in [0.25, 0.3) is 0 Å². The first-order chi connectivity index (χ1) is 12.2. The van der Waals surface area contributed by atoms with Crippen molar-refractivity contribution in [2.24, 2.45) is 11.8 Å². The van der Waals surface area contributed by atoms with Crippen LogP contribution in [-0.2, 0) is 4.79 Å². The summed E-state index contributed by atoms with van der Waals surface area (Å²) in [6, 6.07) is 17.2. The molecule has 1 saturated carbocycles. The number of benzene rings is 2. The van der Waals surface area contributed by atoms with Crippen LogP contribution >= 0.6 is 0 Å². The average molecular weight is 339 g/mol. The van der Waals surface area contributed by atoms with E-state index in [0.717, 1.165) is 11.3 Å². The molecule has 0 aromatic heterocycles. The number of hydrogen-bond acceptors (Lipinski definition) is 3. The molecule has 4 nitrogen and oxygen atoms in total. The summed E-state index contributed by atoms with van der Waals surface area (Å²) in [7, 11) is 0. The number of rotatable bonds is 7. The van der Waals surface area contributed by atoms with Crippen LogP contribution < -0.4 is 10.1 Å². The maximum absolute atomic E-state index is 12.7. The molecule has 1 aliphatic rings. The molecule has 2 aromatic rings. The van der Waals surface area contributed by atoms with Crippen LogP contribution in [0.5, 0.6) is 5.75 Å². The molecule has 0 saturated heterocycles. The van der Waals surface area contributed by atoms with Gasteiger partial charge in [0.2, 0.25) is 5.91 Å². The molecular weight excluding hydrogens is 314 g/mol. The van der Waals surface area contributed by atoms with Crippen LogP contribution in [0, 0.1) is 11.8 Å². The van der Waals surface area contributed by atoms with E-state index in [1.54, 1.807) is 0 Å². The Morgan fingerprint density at radius 2 is 1.84 bits per heavy atom. The van der Waals surface area contributed by atoms with Crippen LogP contribution in [0.2, 0.25) is 0 Å². The Labute approximate surface area is 148 Å². The highest BCUT2D eigenvalue weighted by Gasteiger charge is 2.52. The van der Waals surface area contributed by atoms with E-state index in [4.69, 9.17) is 4.74 Å². The highest BCUT2D eigenvalue weighted by Crippen LogP contribution is 2.53. The van der Waals surface area contributed by atoms with Crippen molar-refractivity contribution >= 4 is 5.91 Å². The molecule has 132 valence electrons. The van der Waals surface area contributed by atoms with E-state index in [2.05, 4.69) is 24.4 Å². The SMILES string of the molecule is CCOc1ccc(C(CO)NC(=O)C2C(C)C2c2ccccc2)cc1. The Morgan fingerprint density at radius 3 is 2.44 bits per heavy atom. The zero-order valence-electron chi connectivity index (χ0n) is 14.7. The summed E-state index contributed by atoms with van der Waals surface area (Å²) >= 11 is 0. The zero-order chi connectivity index (χ0) is 17.8. The molecule has 4 heteroatoms. The van der Waals surface area contributed by atoms with Gasteiger partial charge in [-0.1, -0.05) is 49.4 Å². The van der Waals surface area contributed by atoms with Crippen LogP contribution in [-0.4, -0.2) is 24.2 Å². The molecule has 0 spiro atoms. The second-order valence-electron chi connectivity index (χ2n) is 6.57. The second kappa shape index (κ2) is 7.70. The van der Waals surface area contributed by atoms with Crippen molar-refractivity contribution in [2.75, 3.05) is 13.2 Å². The molecule has 25 heavy (non-hydrogen) atoms. The predicted octanol–water partition coefficient (Wildman–Crippen LogP) is 3.28. The average Bonchev–Trinajstić information content (AvgIpc) is 3.32. The summed E-state index contributed by atoms with van der Waals surface area (Å²) < 4.78 is 5.43. The van der Waals surface area contributed by atoms with Crippen molar-refractivity contribution in [1.82, 2.24) is 5.32 Å². The number of amides is 1. The van der Waals surface area contributed by atoms with E-state index < -0.39 is 6.04 Å². The molecule has 1 fully saturated rings. The number of nitrogens with one attached hydrogen (secondary N) is 1. The quantitative estimate of drug-likeness (QED) is 0.814. The number of ether oxygens (including phenoxy) is 1. The normalized spacial score (nSPS) is 22.9. The predicted molar refractivity (Wildman–Crippen MR) is 97.4 cm³/mol. The Bertz CT molecular complexity index is 699. The van der Waals surface area contributed by atoms with Crippen LogP contribution in [0.1, 0.15) is 36.9 Å². The molecule has 1 amide bonds. The molecule has 4 unspecified atom stereocenters. The van der Waals surface area contributed by atoms with E-state index in [0.29, 0.717) is 12.5 Å². The van der Waals surface area contributed by atoms with Gasteiger partial charge in [0.05, 0.1) is 19.3 Å². The minimum atomic E-state index is -0.396. The maximum atomic E-state index is 12.7. The van der Waals surface area contributed by atoms with E-state index in [9.17, 15) is 9.90 Å². The van der Waals surface area contributed by atoms with E-state index in [-0.39, 0.29) is 24.3 Å². The number of aliphatic hydroxyl groups is 1. The van der Waals surface area contributed by atoms with Gasteiger partial charge in [0.15, 0.2) is 0 Å². The standard InChI is InChI=1S/C21H25NO3/c1-3-25-17-11-9-15(10-12-17)18(13-23)22-21(24)20-14(2)19(20)16-7-5-4-6-8-16/h4-12,14,18-20,23H,3,13H2,1-2H3,(H,22,24). The Kier molecular flexibility index (Phi) is 5.39. The first-order valence-corrected chi connectivity index (χ1v) is 8.84. The Morgan fingerprint density at radius 1 is 1.16 bits per heavy atom. The second-order valence-corrected chi connectivity index (χ2v) is 6.57. The summed E-state index contributed by atoms with van der Waals surface area (Å²) in [6.07, 6.45) is 0. The molecule has 4 atom stereocenters. The van der Waals surface area contributed by atoms with Crippen LogP contribution in [0.3, 0.4) is 0 Å². The van der Waals surface area contributed by atoms with E-state index in [1.165, 1.54) is 5.56 Å². The minimum absolute atomic E-state index is 0.00860. The van der Waals surface area contributed by atoms with Crippen molar-refractivity contribution in [3.05, 3.63) is 65.7 Å². The largest absolute Gasteiger partial charge is 0.494 e. The number of carbonyl (C=O) groups is 1. The lowest BCUT2D eigenvalue weighted by molar-refractivity contribution is -0.123. The summed E-state index contributed by atoms with van der Waals surface area (Å²) in [5.41, 5.74) is 2.08. The molecule has 2 N–H and O–H groups in total. The van der Waals surface area contributed by atoms with Gasteiger partial charge >= 0.3 is 0 Å². The van der Waals surface area contributed by atoms with E-state index in [1.807, 2.05) is 49.4 Å². The van der Waals surface area contributed by atoms with Gasteiger partial charge in [0, 0.05) is 5.92 Å². The van der Waals surface area contributed by atoms with Crippen LogP contribution in [0.4, 0.5) is 0 Å². The summed E-state index contributed by atoms with van der Waals surface area (Å²) in [5.74, 6) is 1.35. The monoisotopic (exact) mass is 339 g/mol. The first-order valence-electron chi connectivity index (χ1n) is 8.84. The van der Waals surface area contributed by atoms with Crippen molar-refractivity contribution < 1.29 is 14.6 Å². The van der Waals surface area contributed by atoms with Gasteiger partial charge < -0.3 is 15.2 Å². The van der Waals surface area contributed by atoms with Gasteiger partial charge in [-0.05, 0) is 42.0 Å². The van der Waals surface area contributed by atoms with Crippen molar-refractivity contribution in [1.29, 1.82) is 0 Å². The molecule has 3 rings (SSSR count). The highest BCUT2D eigenvalue weighted by molar-refractivity contribution is 5.84. The summed E-state index contributed by atoms with van der Waals surface area (Å²) in [5, 5.41) is 12.7. The topological polar surface area (TPSA) is 58.6 Å². The molecular formula is C21H25NO3. The number of carbonyl (C=O) groups excluding carboxylic acids is 1.